The Morgan fingerprint density at radius 3 is 2.85 bits per heavy atom. The molecule has 27 heavy (non-hydrogen) atoms. The molecule has 3 aromatic heterocycles. The Bertz CT molecular complexity index is 1200. The van der Waals surface area contributed by atoms with E-state index in [-0.39, 0.29) is 5.56 Å². The molecule has 0 saturated carbocycles. The summed E-state index contributed by atoms with van der Waals surface area (Å²) in [5, 5.41) is 9.21. The van der Waals surface area contributed by atoms with Crippen LogP contribution in [0.2, 0.25) is 0 Å². The number of aryl methyl sites for hydroxylation is 1. The van der Waals surface area contributed by atoms with Crippen LogP contribution in [0.4, 0.5) is 5.69 Å². The maximum Gasteiger partial charge on any atom is 0.260 e. The van der Waals surface area contributed by atoms with Gasteiger partial charge in [-0.05, 0) is 24.3 Å². The summed E-state index contributed by atoms with van der Waals surface area (Å²) in [4.78, 5) is 26.9. The van der Waals surface area contributed by atoms with E-state index in [1.807, 2.05) is 37.5 Å². The third-order valence-corrected chi connectivity index (χ3v) is 4.92. The fraction of sp³-hybridized carbons (Fsp3) is 0.263. The summed E-state index contributed by atoms with van der Waals surface area (Å²) in [7, 11) is 1.88. The minimum atomic E-state index is -0.175. The van der Waals surface area contributed by atoms with Gasteiger partial charge in [-0.3, -0.25) is 9.48 Å². The molecule has 0 atom stereocenters. The van der Waals surface area contributed by atoms with Crippen LogP contribution >= 0.6 is 0 Å². The van der Waals surface area contributed by atoms with Crippen LogP contribution in [-0.2, 0) is 7.05 Å². The standard InChI is InChI=1S/C19H19N7O/c1-25-11-13-8-12(2-3-16(13)24-25)17-22-18-15(19(27)23-17)9-14(10-21-18)26-6-4-20-5-7-26/h2-3,8-11,20H,4-7H2,1H3,(H,21,22,23,27). The Labute approximate surface area is 154 Å². The van der Waals surface area contributed by atoms with E-state index in [2.05, 4.69) is 30.3 Å². The number of rotatable bonds is 2. The zero-order valence-corrected chi connectivity index (χ0v) is 14.9. The molecule has 136 valence electrons. The third kappa shape index (κ3) is 2.83. The van der Waals surface area contributed by atoms with Crippen molar-refractivity contribution in [2.24, 2.45) is 7.05 Å². The number of piperazine rings is 1. The Balaban J connectivity index is 1.58. The quantitative estimate of drug-likeness (QED) is 0.559. The summed E-state index contributed by atoms with van der Waals surface area (Å²) in [6.07, 6.45) is 3.74. The summed E-state index contributed by atoms with van der Waals surface area (Å²) in [6, 6.07) is 7.69. The van der Waals surface area contributed by atoms with Crippen molar-refractivity contribution in [3.63, 3.8) is 0 Å². The van der Waals surface area contributed by atoms with Crippen molar-refractivity contribution >= 4 is 27.6 Å². The van der Waals surface area contributed by atoms with Gasteiger partial charge in [-0.1, -0.05) is 0 Å². The van der Waals surface area contributed by atoms with Gasteiger partial charge in [0.25, 0.3) is 5.56 Å². The molecular formula is C19H19N7O. The Hall–Kier alpha value is -3.26. The molecule has 1 aliphatic rings. The second-order valence-electron chi connectivity index (χ2n) is 6.79. The van der Waals surface area contributed by atoms with Gasteiger partial charge in [0, 0.05) is 50.4 Å². The molecule has 0 spiro atoms. The van der Waals surface area contributed by atoms with Crippen LogP contribution < -0.4 is 15.8 Å². The lowest BCUT2D eigenvalue weighted by molar-refractivity contribution is 0.589. The molecule has 0 aliphatic carbocycles. The lowest BCUT2D eigenvalue weighted by atomic mass is 10.1. The summed E-state index contributed by atoms with van der Waals surface area (Å²) in [6.45, 7) is 3.67. The first-order valence-corrected chi connectivity index (χ1v) is 8.97. The molecule has 0 bridgehead atoms. The van der Waals surface area contributed by atoms with E-state index in [0.29, 0.717) is 16.9 Å². The van der Waals surface area contributed by atoms with Gasteiger partial charge in [-0.25, -0.2) is 9.97 Å². The van der Waals surface area contributed by atoms with E-state index in [4.69, 9.17) is 0 Å². The predicted molar refractivity (Wildman–Crippen MR) is 105 cm³/mol. The van der Waals surface area contributed by atoms with Crippen molar-refractivity contribution in [1.29, 1.82) is 0 Å². The van der Waals surface area contributed by atoms with Gasteiger partial charge in [0.2, 0.25) is 0 Å². The maximum absolute atomic E-state index is 12.7. The summed E-state index contributed by atoms with van der Waals surface area (Å²) >= 11 is 0. The second kappa shape index (κ2) is 6.17. The Kier molecular flexibility index (Phi) is 3.64. The molecule has 4 aromatic rings. The van der Waals surface area contributed by atoms with Crippen LogP contribution in [0.3, 0.4) is 0 Å². The zero-order valence-electron chi connectivity index (χ0n) is 14.9. The molecule has 1 aromatic carbocycles. The number of pyridine rings is 1. The van der Waals surface area contributed by atoms with Gasteiger partial charge < -0.3 is 15.2 Å². The monoisotopic (exact) mass is 361 g/mol. The molecule has 1 fully saturated rings. The third-order valence-electron chi connectivity index (χ3n) is 4.92. The first-order chi connectivity index (χ1) is 13.2. The molecule has 8 nitrogen and oxygen atoms in total. The van der Waals surface area contributed by atoms with Gasteiger partial charge >= 0.3 is 0 Å². The molecule has 0 radical (unpaired) electrons. The van der Waals surface area contributed by atoms with Crippen molar-refractivity contribution in [2.75, 3.05) is 31.1 Å². The van der Waals surface area contributed by atoms with Gasteiger partial charge in [0.15, 0.2) is 5.65 Å². The van der Waals surface area contributed by atoms with Crippen molar-refractivity contribution in [3.8, 4) is 11.4 Å². The van der Waals surface area contributed by atoms with Gasteiger partial charge in [-0.2, -0.15) is 5.10 Å². The van der Waals surface area contributed by atoms with Crippen molar-refractivity contribution in [1.82, 2.24) is 30.0 Å². The minimum absolute atomic E-state index is 0.175. The highest BCUT2D eigenvalue weighted by atomic mass is 16.1. The predicted octanol–water partition coefficient (Wildman–Crippen LogP) is 1.28. The number of hydrogen-bond acceptors (Lipinski definition) is 6. The molecule has 1 aliphatic heterocycles. The number of hydrogen-bond donors (Lipinski definition) is 2. The van der Waals surface area contributed by atoms with Gasteiger partial charge in [0.1, 0.15) is 5.82 Å². The average molecular weight is 361 g/mol. The average Bonchev–Trinajstić information content (AvgIpc) is 3.07. The van der Waals surface area contributed by atoms with Crippen molar-refractivity contribution in [3.05, 3.63) is 47.0 Å². The number of anilines is 1. The number of fused-ring (bicyclic) bond motifs is 2. The van der Waals surface area contributed by atoms with Crippen LogP contribution in [0.25, 0.3) is 33.3 Å². The van der Waals surface area contributed by atoms with Crippen LogP contribution in [0, 0.1) is 0 Å². The fourth-order valence-electron chi connectivity index (χ4n) is 3.54. The molecule has 1 saturated heterocycles. The summed E-state index contributed by atoms with van der Waals surface area (Å²) in [5.74, 6) is 0.515. The maximum atomic E-state index is 12.7. The van der Waals surface area contributed by atoms with E-state index in [1.165, 1.54) is 0 Å². The van der Waals surface area contributed by atoms with Crippen molar-refractivity contribution in [2.45, 2.75) is 0 Å². The first-order valence-electron chi connectivity index (χ1n) is 8.97. The van der Waals surface area contributed by atoms with Crippen molar-refractivity contribution < 1.29 is 0 Å². The summed E-state index contributed by atoms with van der Waals surface area (Å²) < 4.78 is 1.77. The molecule has 4 heterocycles. The number of H-pyrrole nitrogens is 1. The van der Waals surface area contributed by atoms with E-state index < -0.39 is 0 Å². The SMILES string of the molecule is Cn1cc2cc(-c3nc4ncc(N5CCNCC5)cc4c(=O)[nH]3)ccc2n1. The minimum Gasteiger partial charge on any atom is -0.368 e. The normalized spacial score (nSPS) is 14.9. The highest BCUT2D eigenvalue weighted by molar-refractivity contribution is 5.84. The smallest absolute Gasteiger partial charge is 0.260 e. The zero-order chi connectivity index (χ0) is 18.4. The number of aromatic nitrogens is 5. The summed E-state index contributed by atoms with van der Waals surface area (Å²) in [5.41, 5.74) is 2.98. The van der Waals surface area contributed by atoms with Crippen LogP contribution in [0.5, 0.6) is 0 Å². The Morgan fingerprint density at radius 1 is 1.15 bits per heavy atom. The number of nitrogens with one attached hydrogen (secondary N) is 2. The largest absolute Gasteiger partial charge is 0.368 e. The fourth-order valence-corrected chi connectivity index (χ4v) is 3.54. The number of aromatic amines is 1. The lowest BCUT2D eigenvalue weighted by Crippen LogP contribution is -2.43. The highest BCUT2D eigenvalue weighted by Gasteiger charge is 2.14. The molecule has 2 N–H and O–H groups in total. The van der Waals surface area contributed by atoms with Crippen LogP contribution in [-0.4, -0.2) is 50.9 Å². The molecule has 0 amide bonds. The molecule has 5 rings (SSSR count). The van der Waals surface area contributed by atoms with E-state index in [9.17, 15) is 4.79 Å². The van der Waals surface area contributed by atoms with Gasteiger partial charge in [0.05, 0.1) is 22.8 Å². The van der Waals surface area contributed by atoms with Gasteiger partial charge in [-0.15, -0.1) is 0 Å². The first kappa shape index (κ1) is 16.0. The Morgan fingerprint density at radius 2 is 2.00 bits per heavy atom. The topological polar surface area (TPSA) is 91.7 Å². The molecule has 8 heteroatoms. The highest BCUT2D eigenvalue weighted by Crippen LogP contribution is 2.22. The molecule has 0 unspecified atom stereocenters. The number of benzene rings is 1. The lowest BCUT2D eigenvalue weighted by Gasteiger charge is -2.29. The van der Waals surface area contributed by atoms with Crippen LogP contribution in [0.1, 0.15) is 0 Å². The molecular weight excluding hydrogens is 342 g/mol. The van der Waals surface area contributed by atoms with Crippen LogP contribution in [0.15, 0.2) is 41.5 Å². The second-order valence-corrected chi connectivity index (χ2v) is 6.79. The van der Waals surface area contributed by atoms with E-state index in [1.54, 1.807) is 10.9 Å². The number of nitrogens with zero attached hydrogens (tertiary/aromatic N) is 5. The van der Waals surface area contributed by atoms with E-state index >= 15 is 0 Å². The van der Waals surface area contributed by atoms with E-state index in [0.717, 1.165) is 48.3 Å².